The Kier molecular flexibility index (Phi) is 3.57. The molecule has 0 bridgehead atoms. The second-order valence-electron chi connectivity index (χ2n) is 4.67. The highest BCUT2D eigenvalue weighted by Gasteiger charge is 2.04. The molecule has 3 aromatic rings. The van der Waals surface area contributed by atoms with Gasteiger partial charge in [-0.2, -0.15) is 5.26 Å². The first-order valence-electron chi connectivity index (χ1n) is 6.64. The Bertz CT molecular complexity index is 817. The molecule has 0 saturated carbocycles. The predicted octanol–water partition coefficient (Wildman–Crippen LogP) is 3.73. The molecule has 3 nitrogen and oxygen atoms in total. The number of fused-ring (bicyclic) bond motifs is 1. The lowest BCUT2D eigenvalue weighted by Crippen LogP contribution is -2.08. The molecule has 4 heteroatoms. The van der Waals surface area contributed by atoms with Crippen molar-refractivity contribution in [1.82, 2.24) is 4.57 Å². The summed E-state index contributed by atoms with van der Waals surface area (Å²) in [6.45, 7) is 0.953. The van der Waals surface area contributed by atoms with Crippen molar-refractivity contribution in [3.05, 3.63) is 66.1 Å². The number of halogens is 1. The standard InChI is InChI=1S/C17H13FN2O/c18-15-3-1-2-4-17(15)21-10-9-20-8-7-14-6-5-13(12-19)11-16(14)20/h1-8,11H,9-10H2. The third kappa shape index (κ3) is 2.72. The smallest absolute Gasteiger partial charge is 0.165 e. The number of rotatable bonds is 4. The highest BCUT2D eigenvalue weighted by atomic mass is 19.1. The van der Waals surface area contributed by atoms with E-state index < -0.39 is 0 Å². The van der Waals surface area contributed by atoms with Crippen LogP contribution in [0.1, 0.15) is 5.56 Å². The summed E-state index contributed by atoms with van der Waals surface area (Å²) in [6.07, 6.45) is 1.94. The van der Waals surface area contributed by atoms with Crippen LogP contribution in [0.2, 0.25) is 0 Å². The quantitative estimate of drug-likeness (QED) is 0.730. The molecule has 21 heavy (non-hydrogen) atoms. The van der Waals surface area contributed by atoms with Gasteiger partial charge in [-0.25, -0.2) is 4.39 Å². The zero-order valence-electron chi connectivity index (χ0n) is 11.3. The van der Waals surface area contributed by atoms with Gasteiger partial charge in [0.2, 0.25) is 0 Å². The zero-order chi connectivity index (χ0) is 14.7. The third-order valence-corrected chi connectivity index (χ3v) is 3.33. The molecule has 2 aromatic carbocycles. The van der Waals surface area contributed by atoms with Crippen molar-refractivity contribution in [3.63, 3.8) is 0 Å². The molecule has 0 fully saturated rings. The van der Waals surface area contributed by atoms with E-state index in [2.05, 4.69) is 6.07 Å². The topological polar surface area (TPSA) is 38.0 Å². The van der Waals surface area contributed by atoms with Crippen molar-refractivity contribution in [2.24, 2.45) is 0 Å². The van der Waals surface area contributed by atoms with Crippen LogP contribution in [-0.2, 0) is 6.54 Å². The van der Waals surface area contributed by atoms with Crippen LogP contribution < -0.4 is 4.74 Å². The van der Waals surface area contributed by atoms with Crippen LogP contribution in [0.5, 0.6) is 5.75 Å². The summed E-state index contributed by atoms with van der Waals surface area (Å²) < 4.78 is 20.9. The van der Waals surface area contributed by atoms with E-state index in [1.807, 2.05) is 29.0 Å². The molecule has 0 N–H and O–H groups in total. The third-order valence-electron chi connectivity index (χ3n) is 3.33. The van der Waals surface area contributed by atoms with E-state index in [0.29, 0.717) is 18.7 Å². The molecule has 1 aromatic heterocycles. The van der Waals surface area contributed by atoms with Crippen molar-refractivity contribution in [2.45, 2.75) is 6.54 Å². The van der Waals surface area contributed by atoms with Crippen molar-refractivity contribution < 1.29 is 9.13 Å². The Morgan fingerprint density at radius 2 is 2.00 bits per heavy atom. The van der Waals surface area contributed by atoms with Crippen molar-refractivity contribution >= 4 is 10.9 Å². The molecular weight excluding hydrogens is 267 g/mol. The summed E-state index contributed by atoms with van der Waals surface area (Å²) in [4.78, 5) is 0. The minimum atomic E-state index is -0.360. The molecule has 3 rings (SSSR count). The van der Waals surface area contributed by atoms with Crippen LogP contribution in [-0.4, -0.2) is 11.2 Å². The monoisotopic (exact) mass is 280 g/mol. The maximum absolute atomic E-state index is 13.4. The van der Waals surface area contributed by atoms with E-state index in [4.69, 9.17) is 10.00 Å². The lowest BCUT2D eigenvalue weighted by molar-refractivity contribution is 0.286. The Morgan fingerprint density at radius 1 is 1.14 bits per heavy atom. The number of para-hydroxylation sites is 1. The van der Waals surface area contributed by atoms with E-state index in [0.717, 1.165) is 10.9 Å². The average molecular weight is 280 g/mol. The molecule has 1 heterocycles. The van der Waals surface area contributed by atoms with Gasteiger partial charge in [0.25, 0.3) is 0 Å². The van der Waals surface area contributed by atoms with Gasteiger partial charge >= 0.3 is 0 Å². The van der Waals surface area contributed by atoms with E-state index in [-0.39, 0.29) is 11.6 Å². The van der Waals surface area contributed by atoms with Crippen LogP contribution in [0.3, 0.4) is 0 Å². The number of benzene rings is 2. The SMILES string of the molecule is N#Cc1ccc2ccn(CCOc3ccccc3F)c2c1. The highest BCUT2D eigenvalue weighted by molar-refractivity contribution is 5.81. The normalized spacial score (nSPS) is 10.5. The zero-order valence-corrected chi connectivity index (χ0v) is 11.3. The Hall–Kier alpha value is -2.80. The van der Waals surface area contributed by atoms with Crippen molar-refractivity contribution in [2.75, 3.05) is 6.61 Å². The number of nitriles is 1. The first-order chi connectivity index (χ1) is 10.3. The predicted molar refractivity (Wildman–Crippen MR) is 78.5 cm³/mol. The van der Waals surface area contributed by atoms with Gasteiger partial charge in [0.05, 0.1) is 18.2 Å². The van der Waals surface area contributed by atoms with Gasteiger partial charge < -0.3 is 9.30 Å². The fourth-order valence-electron chi connectivity index (χ4n) is 2.26. The second kappa shape index (κ2) is 5.68. The number of ether oxygens (including phenoxy) is 1. The summed E-state index contributed by atoms with van der Waals surface area (Å²) in [5.41, 5.74) is 1.60. The van der Waals surface area contributed by atoms with Gasteiger partial charge in [-0.3, -0.25) is 0 Å². The Labute approximate surface area is 121 Å². The Morgan fingerprint density at radius 3 is 2.81 bits per heavy atom. The Balaban J connectivity index is 1.74. The van der Waals surface area contributed by atoms with Gasteiger partial charge in [-0.05, 0) is 35.7 Å². The molecule has 0 aliphatic heterocycles. The van der Waals surface area contributed by atoms with Gasteiger partial charge in [-0.15, -0.1) is 0 Å². The van der Waals surface area contributed by atoms with E-state index >= 15 is 0 Å². The first-order valence-corrected chi connectivity index (χ1v) is 6.64. The summed E-state index contributed by atoms with van der Waals surface area (Å²) in [5, 5.41) is 10.0. The van der Waals surface area contributed by atoms with Crippen LogP contribution in [0.25, 0.3) is 10.9 Å². The molecule has 0 spiro atoms. The highest BCUT2D eigenvalue weighted by Crippen LogP contribution is 2.18. The second-order valence-corrected chi connectivity index (χ2v) is 4.67. The minimum Gasteiger partial charge on any atom is -0.489 e. The van der Waals surface area contributed by atoms with Crippen LogP contribution in [0.4, 0.5) is 4.39 Å². The van der Waals surface area contributed by atoms with Crippen molar-refractivity contribution in [1.29, 1.82) is 5.26 Å². The van der Waals surface area contributed by atoms with Crippen LogP contribution in [0, 0.1) is 17.1 Å². The summed E-state index contributed by atoms with van der Waals surface area (Å²) in [6, 6.07) is 16.0. The van der Waals surface area contributed by atoms with E-state index in [1.54, 1.807) is 24.3 Å². The average Bonchev–Trinajstić information content (AvgIpc) is 2.91. The fraction of sp³-hybridized carbons (Fsp3) is 0.118. The minimum absolute atomic E-state index is 0.256. The van der Waals surface area contributed by atoms with E-state index in [9.17, 15) is 4.39 Å². The summed E-state index contributed by atoms with van der Waals surface area (Å²) in [7, 11) is 0. The molecule has 0 amide bonds. The molecular formula is C17H13FN2O. The van der Waals surface area contributed by atoms with Gasteiger partial charge in [0.15, 0.2) is 11.6 Å². The van der Waals surface area contributed by atoms with Gasteiger partial charge in [0, 0.05) is 11.7 Å². The van der Waals surface area contributed by atoms with Crippen molar-refractivity contribution in [3.8, 4) is 11.8 Å². The number of hydrogen-bond donors (Lipinski definition) is 0. The van der Waals surface area contributed by atoms with E-state index in [1.165, 1.54) is 6.07 Å². The summed E-state index contributed by atoms with van der Waals surface area (Å²) >= 11 is 0. The molecule has 0 radical (unpaired) electrons. The number of nitrogens with zero attached hydrogens (tertiary/aromatic N) is 2. The molecule has 0 aliphatic rings. The molecule has 0 unspecified atom stereocenters. The molecule has 0 saturated heterocycles. The summed E-state index contributed by atoms with van der Waals surface area (Å²) in [5.74, 6) is -0.103. The maximum Gasteiger partial charge on any atom is 0.165 e. The maximum atomic E-state index is 13.4. The number of hydrogen-bond acceptors (Lipinski definition) is 2. The number of aromatic nitrogens is 1. The van der Waals surface area contributed by atoms with Crippen LogP contribution >= 0.6 is 0 Å². The lowest BCUT2D eigenvalue weighted by atomic mass is 10.2. The fourth-order valence-corrected chi connectivity index (χ4v) is 2.26. The van der Waals surface area contributed by atoms with Gasteiger partial charge in [0.1, 0.15) is 6.61 Å². The largest absolute Gasteiger partial charge is 0.489 e. The first kappa shape index (κ1) is 13.2. The van der Waals surface area contributed by atoms with Gasteiger partial charge in [-0.1, -0.05) is 18.2 Å². The molecule has 104 valence electrons. The van der Waals surface area contributed by atoms with Crippen LogP contribution in [0.15, 0.2) is 54.7 Å². The lowest BCUT2D eigenvalue weighted by Gasteiger charge is -2.09. The molecule has 0 aliphatic carbocycles. The molecule has 0 atom stereocenters.